The van der Waals surface area contributed by atoms with Gasteiger partial charge in [-0.3, -0.25) is 14.6 Å². The van der Waals surface area contributed by atoms with Crippen molar-refractivity contribution >= 4 is 5.91 Å². The Labute approximate surface area is 219 Å². The van der Waals surface area contributed by atoms with Gasteiger partial charge in [-0.25, -0.2) is 0 Å². The molecule has 2 bridgehead atoms. The highest BCUT2D eigenvalue weighted by Gasteiger charge is 2.40. The van der Waals surface area contributed by atoms with Crippen LogP contribution in [-0.2, 0) is 13.0 Å². The Hall–Kier alpha value is -2.61. The standard InChI is InChI=1S/C30H39N3O4/c1-2-33-23-7-8-24(33)16-27(15-23)37-26-9-10-28-29(17-26)36-14-13-32(30(28)35)20-25(34)19-31-12-11-21-5-3-4-6-22(21)18-31/h3-6,9-10,17,23-25,27,34H,2,7-8,11-16,18-20H2,1H3. The molecule has 6 rings (SSSR count). The highest BCUT2D eigenvalue weighted by Crippen LogP contribution is 2.38. The Morgan fingerprint density at radius 3 is 2.62 bits per heavy atom. The quantitative estimate of drug-likeness (QED) is 0.623. The Bertz CT molecular complexity index is 1110. The molecular weight excluding hydrogens is 466 g/mol. The lowest BCUT2D eigenvalue weighted by Crippen LogP contribution is -2.46. The summed E-state index contributed by atoms with van der Waals surface area (Å²) >= 11 is 0. The van der Waals surface area contributed by atoms with Crippen molar-refractivity contribution in [3.63, 3.8) is 0 Å². The first-order valence-corrected chi connectivity index (χ1v) is 14.0. The second-order valence-corrected chi connectivity index (χ2v) is 11.1. The first-order valence-electron chi connectivity index (χ1n) is 14.0. The maximum absolute atomic E-state index is 13.4. The summed E-state index contributed by atoms with van der Waals surface area (Å²) in [5.74, 6) is 1.28. The van der Waals surface area contributed by atoms with Crippen LogP contribution in [0.5, 0.6) is 11.5 Å². The number of carbonyl (C=O) groups excluding carboxylic acids is 1. The number of nitrogens with zero attached hydrogens (tertiary/aromatic N) is 3. The highest BCUT2D eigenvalue weighted by atomic mass is 16.5. The molecule has 2 saturated heterocycles. The van der Waals surface area contributed by atoms with Crippen LogP contribution in [-0.4, -0.2) is 89.3 Å². The Morgan fingerprint density at radius 1 is 1.05 bits per heavy atom. The summed E-state index contributed by atoms with van der Waals surface area (Å²) in [5, 5.41) is 10.9. The van der Waals surface area contributed by atoms with E-state index in [0.29, 0.717) is 49.6 Å². The van der Waals surface area contributed by atoms with Gasteiger partial charge in [0.1, 0.15) is 24.2 Å². The summed E-state index contributed by atoms with van der Waals surface area (Å²) < 4.78 is 12.4. The van der Waals surface area contributed by atoms with Crippen molar-refractivity contribution in [3.8, 4) is 11.5 Å². The number of aliphatic hydroxyl groups excluding tert-OH is 1. The number of rotatable bonds is 7. The summed E-state index contributed by atoms with van der Waals surface area (Å²) in [4.78, 5) is 20.0. The molecule has 4 aliphatic rings. The number of ether oxygens (including phenoxy) is 2. The fourth-order valence-corrected chi connectivity index (χ4v) is 6.93. The zero-order valence-corrected chi connectivity index (χ0v) is 21.8. The number of hydrogen-bond donors (Lipinski definition) is 1. The molecule has 4 heterocycles. The molecule has 4 aliphatic heterocycles. The van der Waals surface area contributed by atoms with Gasteiger partial charge in [0.15, 0.2) is 0 Å². The van der Waals surface area contributed by atoms with Crippen molar-refractivity contribution < 1.29 is 19.4 Å². The summed E-state index contributed by atoms with van der Waals surface area (Å²) in [5.41, 5.74) is 3.27. The number of fused-ring (bicyclic) bond motifs is 4. The molecule has 2 aromatic carbocycles. The summed E-state index contributed by atoms with van der Waals surface area (Å²) in [6.45, 7) is 6.86. The molecule has 0 saturated carbocycles. The van der Waals surface area contributed by atoms with E-state index in [1.165, 1.54) is 24.0 Å². The van der Waals surface area contributed by atoms with Crippen molar-refractivity contribution in [3.05, 3.63) is 59.2 Å². The number of carbonyl (C=O) groups is 1. The molecule has 7 heteroatoms. The first kappa shape index (κ1) is 24.7. The van der Waals surface area contributed by atoms with Gasteiger partial charge in [-0.2, -0.15) is 0 Å². The van der Waals surface area contributed by atoms with Crippen LogP contribution in [0.3, 0.4) is 0 Å². The summed E-state index contributed by atoms with van der Waals surface area (Å²) in [7, 11) is 0. The van der Waals surface area contributed by atoms with Gasteiger partial charge in [-0.05, 0) is 61.9 Å². The number of piperidine rings is 1. The fraction of sp³-hybridized carbons (Fsp3) is 0.567. The lowest BCUT2D eigenvalue weighted by molar-refractivity contribution is 0.0501. The molecule has 37 heavy (non-hydrogen) atoms. The Balaban J connectivity index is 1.06. The van der Waals surface area contributed by atoms with Gasteiger partial charge in [0.2, 0.25) is 0 Å². The number of β-amino-alcohol motifs (C(OH)–C–C–N with tert-alkyl or cyclic N) is 1. The van der Waals surface area contributed by atoms with Crippen molar-refractivity contribution in [2.45, 2.75) is 69.9 Å². The third kappa shape index (κ3) is 5.22. The van der Waals surface area contributed by atoms with Crippen molar-refractivity contribution in [1.29, 1.82) is 0 Å². The third-order valence-corrected chi connectivity index (χ3v) is 8.71. The number of benzene rings is 2. The van der Waals surface area contributed by atoms with E-state index >= 15 is 0 Å². The molecule has 0 aromatic heterocycles. The van der Waals surface area contributed by atoms with Gasteiger partial charge in [0.25, 0.3) is 5.91 Å². The third-order valence-electron chi connectivity index (χ3n) is 8.71. The topological polar surface area (TPSA) is 65.5 Å². The van der Waals surface area contributed by atoms with E-state index < -0.39 is 6.10 Å². The maximum Gasteiger partial charge on any atom is 0.257 e. The molecule has 2 aromatic rings. The predicted molar refractivity (Wildman–Crippen MR) is 142 cm³/mol. The van der Waals surface area contributed by atoms with Crippen LogP contribution >= 0.6 is 0 Å². The van der Waals surface area contributed by atoms with Gasteiger partial charge in [-0.1, -0.05) is 31.2 Å². The van der Waals surface area contributed by atoms with Crippen molar-refractivity contribution in [1.82, 2.24) is 14.7 Å². The lowest BCUT2D eigenvalue weighted by atomic mass is 9.99. The molecule has 0 aliphatic carbocycles. The summed E-state index contributed by atoms with van der Waals surface area (Å²) in [6.07, 6.45) is 5.27. The van der Waals surface area contributed by atoms with Crippen molar-refractivity contribution in [2.75, 3.05) is 39.3 Å². The highest BCUT2D eigenvalue weighted by molar-refractivity contribution is 5.97. The van der Waals surface area contributed by atoms with E-state index in [1.54, 1.807) is 4.90 Å². The van der Waals surface area contributed by atoms with Crippen molar-refractivity contribution in [2.24, 2.45) is 0 Å². The van der Waals surface area contributed by atoms with Crippen LogP contribution in [0.15, 0.2) is 42.5 Å². The Kier molecular flexibility index (Phi) is 7.10. The SMILES string of the molecule is CCN1C2CCC1CC(Oc1ccc3c(c1)OCCN(CC(O)CN1CCc4ccccc4C1)C3=O)C2. The summed E-state index contributed by atoms with van der Waals surface area (Å²) in [6, 6.07) is 15.4. The van der Waals surface area contributed by atoms with Gasteiger partial charge < -0.3 is 19.5 Å². The van der Waals surface area contributed by atoms with Gasteiger partial charge >= 0.3 is 0 Å². The van der Waals surface area contributed by atoms with E-state index in [4.69, 9.17) is 9.47 Å². The normalized spacial score (nSPS) is 26.7. The molecule has 0 spiro atoms. The number of aliphatic hydroxyl groups is 1. The zero-order chi connectivity index (χ0) is 25.4. The minimum absolute atomic E-state index is 0.0867. The van der Waals surface area contributed by atoms with E-state index in [1.807, 2.05) is 18.2 Å². The second-order valence-electron chi connectivity index (χ2n) is 11.1. The zero-order valence-electron chi connectivity index (χ0n) is 21.8. The molecule has 1 amide bonds. The minimum Gasteiger partial charge on any atom is -0.491 e. The molecule has 3 atom stereocenters. The smallest absolute Gasteiger partial charge is 0.257 e. The van der Waals surface area contributed by atoms with Gasteiger partial charge in [0.05, 0.1) is 18.2 Å². The van der Waals surface area contributed by atoms with Crippen LogP contribution in [0.4, 0.5) is 0 Å². The lowest BCUT2D eigenvalue weighted by Gasteiger charge is -2.38. The number of hydrogen-bond acceptors (Lipinski definition) is 6. The molecule has 1 N–H and O–H groups in total. The predicted octanol–water partition coefficient (Wildman–Crippen LogP) is 3.33. The van der Waals surface area contributed by atoms with Crippen LogP contribution in [0.25, 0.3) is 0 Å². The second kappa shape index (κ2) is 10.6. The molecular formula is C30H39N3O4. The average Bonchev–Trinajstić information content (AvgIpc) is 3.05. The maximum atomic E-state index is 13.4. The van der Waals surface area contributed by atoms with Gasteiger partial charge in [0, 0.05) is 44.3 Å². The van der Waals surface area contributed by atoms with E-state index in [0.717, 1.165) is 44.6 Å². The Morgan fingerprint density at radius 2 is 1.84 bits per heavy atom. The molecule has 198 valence electrons. The molecule has 2 fully saturated rings. The number of amides is 1. The first-order chi connectivity index (χ1) is 18.1. The average molecular weight is 506 g/mol. The van der Waals surface area contributed by atoms with E-state index in [2.05, 4.69) is 41.0 Å². The van der Waals surface area contributed by atoms with Gasteiger partial charge in [-0.15, -0.1) is 0 Å². The fourth-order valence-electron chi connectivity index (χ4n) is 6.93. The minimum atomic E-state index is -0.609. The van der Waals surface area contributed by atoms with E-state index in [-0.39, 0.29) is 12.0 Å². The molecule has 0 radical (unpaired) electrons. The van der Waals surface area contributed by atoms with Crippen LogP contribution in [0.1, 0.15) is 54.1 Å². The van der Waals surface area contributed by atoms with E-state index in [9.17, 15) is 9.90 Å². The monoisotopic (exact) mass is 505 g/mol. The van der Waals surface area contributed by atoms with Crippen LogP contribution in [0.2, 0.25) is 0 Å². The molecule has 3 unspecified atom stereocenters. The molecule has 7 nitrogen and oxygen atoms in total. The van der Waals surface area contributed by atoms with Crippen LogP contribution in [0, 0.1) is 0 Å². The van der Waals surface area contributed by atoms with Crippen LogP contribution < -0.4 is 9.47 Å². The largest absolute Gasteiger partial charge is 0.491 e.